The van der Waals surface area contributed by atoms with E-state index in [0.29, 0.717) is 6.42 Å². The van der Waals surface area contributed by atoms with Crippen LogP contribution in [0.25, 0.3) is 0 Å². The molecule has 1 amide bonds. The van der Waals surface area contributed by atoms with Crippen LogP contribution >= 0.6 is 12.4 Å². The van der Waals surface area contributed by atoms with Crippen molar-refractivity contribution in [1.82, 2.24) is 14.9 Å². The largest absolute Gasteiger partial charge is 0.350 e. The number of hydrogen-bond donors (Lipinski definition) is 2. The van der Waals surface area contributed by atoms with Crippen LogP contribution < -0.4 is 10.6 Å². The van der Waals surface area contributed by atoms with Crippen LogP contribution in [0.15, 0.2) is 29.2 Å². The van der Waals surface area contributed by atoms with Crippen LogP contribution in [0, 0.1) is 0 Å². The van der Waals surface area contributed by atoms with E-state index in [2.05, 4.69) is 10.6 Å². The fourth-order valence-electron chi connectivity index (χ4n) is 1.96. The number of carbonyl (C=O) groups excluding carboxylic acids is 1. The molecule has 0 aliphatic carbocycles. The molecule has 0 bridgehead atoms. The lowest BCUT2D eigenvalue weighted by molar-refractivity contribution is -0.121. The summed E-state index contributed by atoms with van der Waals surface area (Å²) in [5.41, 5.74) is 0.875. The molecule has 0 aliphatic heterocycles. The molecule has 2 N–H and O–H groups in total. The van der Waals surface area contributed by atoms with E-state index in [9.17, 15) is 13.2 Å². The molecular weight excluding hydrogens is 338 g/mol. The van der Waals surface area contributed by atoms with Crippen LogP contribution in [0.5, 0.6) is 0 Å². The van der Waals surface area contributed by atoms with Gasteiger partial charge in [0.1, 0.15) is 0 Å². The normalized spacial score (nSPS) is 12.6. The number of nitrogens with zero attached hydrogens (tertiary/aromatic N) is 1. The Morgan fingerprint density at radius 3 is 2.26 bits per heavy atom. The van der Waals surface area contributed by atoms with Gasteiger partial charge >= 0.3 is 0 Å². The number of hydrogen-bond acceptors (Lipinski definition) is 4. The van der Waals surface area contributed by atoms with Crippen LogP contribution in [-0.4, -0.2) is 46.3 Å². The van der Waals surface area contributed by atoms with E-state index in [1.165, 1.54) is 18.4 Å². The van der Waals surface area contributed by atoms with Crippen LogP contribution in [-0.2, 0) is 14.8 Å². The molecule has 0 heterocycles. The first-order valence-electron chi connectivity index (χ1n) is 7.25. The molecule has 0 radical (unpaired) electrons. The highest BCUT2D eigenvalue weighted by Crippen LogP contribution is 2.18. The van der Waals surface area contributed by atoms with E-state index >= 15 is 0 Å². The fourth-order valence-corrected chi connectivity index (χ4v) is 2.86. The number of rotatable bonds is 8. The molecule has 6 nitrogen and oxygen atoms in total. The van der Waals surface area contributed by atoms with Gasteiger partial charge in [-0.15, -0.1) is 12.4 Å². The van der Waals surface area contributed by atoms with Gasteiger partial charge in [0.2, 0.25) is 15.9 Å². The lowest BCUT2D eigenvalue weighted by Crippen LogP contribution is -2.27. The van der Waals surface area contributed by atoms with Gasteiger partial charge in [-0.2, -0.15) is 0 Å². The zero-order valence-electron chi connectivity index (χ0n) is 14.0. The minimum absolute atomic E-state index is 0. The molecular formula is C15H26ClN3O3S. The zero-order valence-corrected chi connectivity index (χ0v) is 15.6. The van der Waals surface area contributed by atoms with Gasteiger partial charge in [0, 0.05) is 20.5 Å². The van der Waals surface area contributed by atoms with E-state index in [4.69, 9.17) is 0 Å². The van der Waals surface area contributed by atoms with Crippen molar-refractivity contribution in [3.8, 4) is 0 Å². The SMILES string of the molecule is CNCCCC(=O)NC(C)c1ccc(S(=O)(=O)N(C)C)cc1.Cl. The van der Waals surface area contributed by atoms with Gasteiger partial charge in [-0.3, -0.25) is 4.79 Å². The molecule has 0 aromatic heterocycles. The zero-order chi connectivity index (χ0) is 16.8. The predicted octanol–water partition coefficient (Wildman–Crippen LogP) is 1.54. The molecule has 8 heteroatoms. The van der Waals surface area contributed by atoms with E-state index in [-0.39, 0.29) is 29.3 Å². The summed E-state index contributed by atoms with van der Waals surface area (Å²) >= 11 is 0. The average molecular weight is 364 g/mol. The summed E-state index contributed by atoms with van der Waals surface area (Å²) in [7, 11) is 1.43. The number of benzene rings is 1. The van der Waals surface area contributed by atoms with Crippen LogP contribution in [0.4, 0.5) is 0 Å². The Labute approximate surface area is 145 Å². The van der Waals surface area contributed by atoms with E-state index in [1.54, 1.807) is 24.3 Å². The third-order valence-corrected chi connectivity index (χ3v) is 5.20. The molecule has 23 heavy (non-hydrogen) atoms. The van der Waals surface area contributed by atoms with Gasteiger partial charge in [0.25, 0.3) is 0 Å². The molecule has 1 aromatic rings. The van der Waals surface area contributed by atoms with Crippen molar-refractivity contribution in [2.75, 3.05) is 27.7 Å². The Balaban J connectivity index is 0.00000484. The topological polar surface area (TPSA) is 78.5 Å². The van der Waals surface area contributed by atoms with Crippen LogP contribution in [0.3, 0.4) is 0 Å². The minimum atomic E-state index is -3.42. The summed E-state index contributed by atoms with van der Waals surface area (Å²) in [5, 5.41) is 5.91. The molecule has 1 aromatic carbocycles. The van der Waals surface area contributed by atoms with Crippen LogP contribution in [0.1, 0.15) is 31.4 Å². The van der Waals surface area contributed by atoms with E-state index < -0.39 is 10.0 Å². The van der Waals surface area contributed by atoms with Crippen LogP contribution in [0.2, 0.25) is 0 Å². The van der Waals surface area contributed by atoms with Gasteiger partial charge in [-0.25, -0.2) is 12.7 Å². The highest BCUT2D eigenvalue weighted by molar-refractivity contribution is 7.89. The Morgan fingerprint density at radius 1 is 1.22 bits per heavy atom. The van der Waals surface area contributed by atoms with Gasteiger partial charge < -0.3 is 10.6 Å². The van der Waals surface area contributed by atoms with E-state index in [1.807, 2.05) is 14.0 Å². The van der Waals surface area contributed by atoms with E-state index in [0.717, 1.165) is 18.5 Å². The summed E-state index contributed by atoms with van der Waals surface area (Å²) in [5.74, 6) is -0.00672. The van der Waals surface area contributed by atoms with Gasteiger partial charge in [0.15, 0.2) is 0 Å². The fraction of sp³-hybridized carbons (Fsp3) is 0.533. The maximum Gasteiger partial charge on any atom is 0.242 e. The Morgan fingerprint density at radius 2 is 1.78 bits per heavy atom. The molecule has 0 saturated heterocycles. The van der Waals surface area contributed by atoms with Crippen molar-refractivity contribution in [1.29, 1.82) is 0 Å². The summed E-state index contributed by atoms with van der Waals surface area (Å²) in [4.78, 5) is 12.0. The number of carbonyl (C=O) groups is 1. The molecule has 132 valence electrons. The van der Waals surface area contributed by atoms with Crippen molar-refractivity contribution in [2.24, 2.45) is 0 Å². The first-order chi connectivity index (χ1) is 10.3. The summed E-state index contributed by atoms with van der Waals surface area (Å²) in [6, 6.07) is 6.44. The van der Waals surface area contributed by atoms with Crippen molar-refractivity contribution >= 4 is 28.3 Å². The average Bonchev–Trinajstić information content (AvgIpc) is 2.47. The molecule has 0 saturated carbocycles. The summed E-state index contributed by atoms with van der Waals surface area (Å²) < 4.78 is 25.2. The van der Waals surface area contributed by atoms with Gasteiger partial charge in [-0.05, 0) is 44.6 Å². The molecule has 0 fully saturated rings. The first kappa shape index (κ1) is 21.9. The lowest BCUT2D eigenvalue weighted by Gasteiger charge is -2.16. The van der Waals surface area contributed by atoms with Gasteiger partial charge in [-0.1, -0.05) is 12.1 Å². The Hall–Kier alpha value is -1.15. The molecule has 0 spiro atoms. The number of amides is 1. The third-order valence-electron chi connectivity index (χ3n) is 3.37. The second-order valence-corrected chi connectivity index (χ2v) is 7.50. The first-order valence-corrected chi connectivity index (χ1v) is 8.69. The summed E-state index contributed by atoms with van der Waals surface area (Å²) in [6.07, 6.45) is 1.26. The van der Waals surface area contributed by atoms with Crippen molar-refractivity contribution in [2.45, 2.75) is 30.7 Å². The van der Waals surface area contributed by atoms with Crippen molar-refractivity contribution in [3.05, 3.63) is 29.8 Å². The number of sulfonamides is 1. The second kappa shape index (κ2) is 9.87. The molecule has 1 atom stereocenters. The van der Waals surface area contributed by atoms with Crippen molar-refractivity contribution in [3.63, 3.8) is 0 Å². The highest BCUT2D eigenvalue weighted by Gasteiger charge is 2.17. The highest BCUT2D eigenvalue weighted by atomic mass is 35.5. The Bertz CT molecular complexity index is 588. The smallest absolute Gasteiger partial charge is 0.242 e. The lowest BCUT2D eigenvalue weighted by atomic mass is 10.1. The summed E-state index contributed by atoms with van der Waals surface area (Å²) in [6.45, 7) is 2.68. The third kappa shape index (κ3) is 6.47. The molecule has 1 unspecified atom stereocenters. The predicted molar refractivity (Wildman–Crippen MR) is 94.3 cm³/mol. The number of halogens is 1. The minimum Gasteiger partial charge on any atom is -0.350 e. The standard InChI is InChI=1S/C15H25N3O3S.ClH/c1-12(17-15(19)6-5-11-16-2)13-7-9-14(10-8-13)22(20,21)18(3)4;/h7-10,12,16H,5-6,11H2,1-4H3,(H,17,19);1H. The molecule has 0 aliphatic rings. The maximum atomic E-state index is 12.0. The van der Waals surface area contributed by atoms with Crippen molar-refractivity contribution < 1.29 is 13.2 Å². The number of nitrogens with one attached hydrogen (secondary N) is 2. The second-order valence-electron chi connectivity index (χ2n) is 5.35. The quantitative estimate of drug-likeness (QED) is 0.687. The monoisotopic (exact) mass is 363 g/mol. The van der Waals surface area contributed by atoms with Gasteiger partial charge in [0.05, 0.1) is 10.9 Å². The Kier molecular flexibility index (Phi) is 9.38. The molecule has 1 rings (SSSR count). The maximum absolute atomic E-state index is 12.0.